The molecule has 0 bridgehead atoms. The lowest BCUT2D eigenvalue weighted by Crippen LogP contribution is -1.98. The molecule has 0 N–H and O–H groups in total. The minimum absolute atomic E-state index is 0.798. The SMILES string of the molecule is CCc1nnc(SC)n1/N=C\c1ccncc1. The first-order chi connectivity index (χ1) is 8.35. The highest BCUT2D eigenvalue weighted by Crippen LogP contribution is 2.13. The molecule has 2 rings (SSSR count). The van der Waals surface area contributed by atoms with Crippen LogP contribution >= 0.6 is 11.8 Å². The monoisotopic (exact) mass is 247 g/mol. The molecule has 0 aliphatic rings. The van der Waals surface area contributed by atoms with Gasteiger partial charge in [0, 0.05) is 18.8 Å². The molecular formula is C11H13N5S. The summed E-state index contributed by atoms with van der Waals surface area (Å²) in [7, 11) is 0. The van der Waals surface area contributed by atoms with E-state index in [1.54, 1.807) is 23.3 Å². The number of aryl methyl sites for hydroxylation is 1. The second-order valence-corrected chi connectivity index (χ2v) is 4.07. The third-order valence-corrected chi connectivity index (χ3v) is 2.82. The second kappa shape index (κ2) is 5.58. The number of rotatable bonds is 4. The molecule has 0 aromatic carbocycles. The van der Waals surface area contributed by atoms with E-state index in [1.807, 2.05) is 25.3 Å². The fraction of sp³-hybridized carbons (Fsp3) is 0.273. The summed E-state index contributed by atoms with van der Waals surface area (Å²) in [5.74, 6) is 0.861. The average Bonchev–Trinajstić information content (AvgIpc) is 2.79. The first-order valence-corrected chi connectivity index (χ1v) is 6.50. The van der Waals surface area contributed by atoms with Gasteiger partial charge in [-0.15, -0.1) is 10.2 Å². The molecule has 0 atom stereocenters. The van der Waals surface area contributed by atoms with Crippen molar-refractivity contribution in [1.82, 2.24) is 19.9 Å². The van der Waals surface area contributed by atoms with Gasteiger partial charge in [0.25, 0.3) is 0 Å². The first-order valence-electron chi connectivity index (χ1n) is 5.27. The molecule has 0 saturated carbocycles. The van der Waals surface area contributed by atoms with Gasteiger partial charge in [-0.2, -0.15) is 9.78 Å². The largest absolute Gasteiger partial charge is 0.265 e. The van der Waals surface area contributed by atoms with Crippen LogP contribution in [0, 0.1) is 0 Å². The Balaban J connectivity index is 2.29. The van der Waals surface area contributed by atoms with Crippen LogP contribution in [0.1, 0.15) is 18.3 Å². The number of aromatic nitrogens is 4. The van der Waals surface area contributed by atoms with Crippen LogP contribution in [0.2, 0.25) is 0 Å². The maximum Gasteiger partial charge on any atom is 0.211 e. The highest BCUT2D eigenvalue weighted by Gasteiger charge is 2.07. The molecule has 0 amide bonds. The fourth-order valence-corrected chi connectivity index (χ4v) is 1.78. The minimum atomic E-state index is 0.798. The van der Waals surface area contributed by atoms with Gasteiger partial charge in [-0.3, -0.25) is 4.98 Å². The van der Waals surface area contributed by atoms with Gasteiger partial charge in [0.1, 0.15) is 0 Å². The zero-order chi connectivity index (χ0) is 12.1. The molecule has 0 aliphatic carbocycles. The Kier molecular flexibility index (Phi) is 3.87. The zero-order valence-corrected chi connectivity index (χ0v) is 10.6. The fourth-order valence-electron chi connectivity index (χ4n) is 1.33. The predicted octanol–water partition coefficient (Wildman–Crippen LogP) is 1.84. The lowest BCUT2D eigenvalue weighted by atomic mass is 10.3. The smallest absolute Gasteiger partial charge is 0.211 e. The molecule has 0 spiro atoms. The third kappa shape index (κ3) is 2.71. The summed E-state index contributed by atoms with van der Waals surface area (Å²) < 4.78 is 1.77. The third-order valence-electron chi connectivity index (χ3n) is 2.20. The number of hydrogen-bond acceptors (Lipinski definition) is 5. The highest BCUT2D eigenvalue weighted by atomic mass is 32.2. The molecule has 0 fully saturated rings. The Morgan fingerprint density at radius 2 is 2.12 bits per heavy atom. The molecule has 2 aromatic heterocycles. The average molecular weight is 247 g/mol. The van der Waals surface area contributed by atoms with Crippen molar-refractivity contribution in [3.63, 3.8) is 0 Å². The molecule has 0 aliphatic heterocycles. The Bertz CT molecular complexity index is 484. The van der Waals surface area contributed by atoms with Crippen molar-refractivity contribution in [2.24, 2.45) is 5.10 Å². The van der Waals surface area contributed by atoms with Crippen molar-refractivity contribution in [1.29, 1.82) is 0 Å². The molecule has 2 aromatic rings. The lowest BCUT2D eigenvalue weighted by molar-refractivity contribution is 0.723. The van der Waals surface area contributed by atoms with Crippen molar-refractivity contribution >= 4 is 18.0 Å². The van der Waals surface area contributed by atoms with E-state index in [9.17, 15) is 0 Å². The molecule has 88 valence electrons. The topological polar surface area (TPSA) is 56.0 Å². The summed E-state index contributed by atoms with van der Waals surface area (Å²) in [6.45, 7) is 2.03. The number of hydrogen-bond donors (Lipinski definition) is 0. The van der Waals surface area contributed by atoms with Gasteiger partial charge in [-0.1, -0.05) is 18.7 Å². The van der Waals surface area contributed by atoms with E-state index in [0.29, 0.717) is 0 Å². The quantitative estimate of drug-likeness (QED) is 0.611. The summed E-state index contributed by atoms with van der Waals surface area (Å²) in [6, 6.07) is 3.80. The van der Waals surface area contributed by atoms with Gasteiger partial charge >= 0.3 is 0 Å². The van der Waals surface area contributed by atoms with Crippen molar-refractivity contribution in [3.8, 4) is 0 Å². The van der Waals surface area contributed by atoms with Crippen LogP contribution in [0.4, 0.5) is 0 Å². The Hall–Kier alpha value is -1.69. The van der Waals surface area contributed by atoms with E-state index in [-0.39, 0.29) is 0 Å². The van der Waals surface area contributed by atoms with E-state index >= 15 is 0 Å². The van der Waals surface area contributed by atoms with Crippen molar-refractivity contribution in [2.75, 3.05) is 6.26 Å². The molecule has 0 radical (unpaired) electrons. The van der Waals surface area contributed by atoms with Crippen molar-refractivity contribution < 1.29 is 0 Å². The van der Waals surface area contributed by atoms with Crippen LogP contribution in [-0.2, 0) is 6.42 Å². The lowest BCUT2D eigenvalue weighted by Gasteiger charge is -1.99. The zero-order valence-electron chi connectivity index (χ0n) is 9.74. The van der Waals surface area contributed by atoms with E-state index in [1.165, 1.54) is 11.8 Å². The van der Waals surface area contributed by atoms with Crippen LogP contribution in [0.5, 0.6) is 0 Å². The van der Waals surface area contributed by atoms with E-state index < -0.39 is 0 Å². The van der Waals surface area contributed by atoms with Crippen LogP contribution in [-0.4, -0.2) is 32.3 Å². The summed E-state index contributed by atoms with van der Waals surface area (Å²) in [6.07, 6.45) is 8.03. The first kappa shape index (κ1) is 11.8. The van der Waals surface area contributed by atoms with Gasteiger partial charge in [0.05, 0.1) is 6.21 Å². The molecular weight excluding hydrogens is 234 g/mol. The molecule has 17 heavy (non-hydrogen) atoms. The van der Waals surface area contributed by atoms with Crippen LogP contribution in [0.15, 0.2) is 34.8 Å². The maximum absolute atomic E-state index is 4.40. The van der Waals surface area contributed by atoms with Gasteiger partial charge < -0.3 is 0 Å². The van der Waals surface area contributed by atoms with Crippen molar-refractivity contribution in [2.45, 2.75) is 18.5 Å². The van der Waals surface area contributed by atoms with Gasteiger partial charge in [0.15, 0.2) is 5.82 Å². The van der Waals surface area contributed by atoms with Crippen molar-refractivity contribution in [3.05, 3.63) is 35.9 Å². The summed E-state index contributed by atoms with van der Waals surface area (Å²) in [5, 5.41) is 13.3. The normalized spacial score (nSPS) is 11.2. The standard InChI is InChI=1S/C11H13N5S/c1-3-10-14-15-11(17-2)16(10)13-8-9-4-6-12-7-5-9/h4-8H,3H2,1-2H3/b13-8-. The molecule has 0 unspecified atom stereocenters. The summed E-state index contributed by atoms with van der Waals surface area (Å²) in [4.78, 5) is 3.96. The number of nitrogens with zero attached hydrogens (tertiary/aromatic N) is 5. The molecule has 2 heterocycles. The van der Waals surface area contributed by atoms with E-state index in [0.717, 1.165) is 23.0 Å². The number of pyridine rings is 1. The summed E-state index contributed by atoms with van der Waals surface area (Å²) in [5.41, 5.74) is 1.00. The second-order valence-electron chi connectivity index (χ2n) is 3.29. The maximum atomic E-state index is 4.40. The van der Waals surface area contributed by atoms with Crippen LogP contribution < -0.4 is 0 Å². The van der Waals surface area contributed by atoms with Gasteiger partial charge in [-0.05, 0) is 24.0 Å². The van der Waals surface area contributed by atoms with E-state index in [4.69, 9.17) is 0 Å². The van der Waals surface area contributed by atoms with Gasteiger partial charge in [-0.25, -0.2) is 0 Å². The van der Waals surface area contributed by atoms with Crippen LogP contribution in [0.3, 0.4) is 0 Å². The minimum Gasteiger partial charge on any atom is -0.265 e. The summed E-state index contributed by atoms with van der Waals surface area (Å²) >= 11 is 1.53. The molecule has 6 heteroatoms. The molecule has 5 nitrogen and oxygen atoms in total. The Labute approximate surface area is 104 Å². The van der Waals surface area contributed by atoms with Crippen LogP contribution in [0.25, 0.3) is 0 Å². The van der Waals surface area contributed by atoms with Gasteiger partial charge in [0.2, 0.25) is 5.16 Å². The Morgan fingerprint density at radius 3 is 2.76 bits per heavy atom. The number of thioether (sulfide) groups is 1. The Morgan fingerprint density at radius 1 is 1.35 bits per heavy atom. The predicted molar refractivity (Wildman–Crippen MR) is 68.4 cm³/mol. The molecule has 0 saturated heterocycles. The van der Waals surface area contributed by atoms with E-state index in [2.05, 4.69) is 20.3 Å². The highest BCUT2D eigenvalue weighted by molar-refractivity contribution is 7.98.